The van der Waals surface area contributed by atoms with Crippen LogP contribution in [0.25, 0.3) is 0 Å². The summed E-state index contributed by atoms with van der Waals surface area (Å²) in [5.74, 6) is 1.45. The number of aldehydes is 1. The van der Waals surface area contributed by atoms with Crippen molar-refractivity contribution >= 4 is 6.29 Å². The van der Waals surface area contributed by atoms with Crippen molar-refractivity contribution in [2.75, 3.05) is 19.8 Å². The number of rotatable bonds is 6. The Hall–Kier alpha value is -1.29. The Bertz CT molecular complexity index is 346. The van der Waals surface area contributed by atoms with Crippen LogP contribution < -0.4 is 0 Å². The van der Waals surface area contributed by atoms with Crippen LogP contribution in [0.4, 0.5) is 0 Å². The Balaban J connectivity index is 1.81. The van der Waals surface area contributed by atoms with Crippen molar-refractivity contribution in [1.29, 1.82) is 0 Å². The van der Waals surface area contributed by atoms with E-state index in [1.165, 1.54) is 0 Å². The average Bonchev–Trinajstić information content (AvgIpc) is 2.42. The fraction of sp³-hybridized carbons (Fsp3) is 0.643. The first-order chi connectivity index (χ1) is 8.83. The van der Waals surface area contributed by atoms with Gasteiger partial charge in [0.1, 0.15) is 18.7 Å². The third-order valence-corrected chi connectivity index (χ3v) is 3.05. The molecule has 0 saturated heterocycles. The Morgan fingerprint density at radius 2 is 2.44 bits per heavy atom. The summed E-state index contributed by atoms with van der Waals surface area (Å²) in [5.41, 5.74) is 0. The van der Waals surface area contributed by atoms with E-state index < -0.39 is 0 Å². The second kappa shape index (κ2) is 6.59. The van der Waals surface area contributed by atoms with Crippen LogP contribution in [0.15, 0.2) is 23.7 Å². The van der Waals surface area contributed by atoms with Gasteiger partial charge >= 0.3 is 0 Å². The summed E-state index contributed by atoms with van der Waals surface area (Å²) in [5, 5.41) is 0. The predicted molar refractivity (Wildman–Crippen MR) is 66.9 cm³/mol. The first-order valence-electron chi connectivity index (χ1n) is 6.57. The van der Waals surface area contributed by atoms with E-state index in [0.717, 1.165) is 37.3 Å². The van der Waals surface area contributed by atoms with Gasteiger partial charge in [-0.2, -0.15) is 0 Å². The molecular formula is C14H20O4. The summed E-state index contributed by atoms with van der Waals surface area (Å²) in [6, 6.07) is 0. The van der Waals surface area contributed by atoms with Crippen LogP contribution in [0.5, 0.6) is 0 Å². The molecule has 2 atom stereocenters. The smallest absolute Gasteiger partial charge is 0.156 e. The Morgan fingerprint density at radius 3 is 3.22 bits per heavy atom. The van der Waals surface area contributed by atoms with E-state index in [2.05, 4.69) is 6.92 Å². The van der Waals surface area contributed by atoms with Crippen LogP contribution in [-0.4, -0.2) is 32.2 Å². The second-order valence-corrected chi connectivity index (χ2v) is 4.63. The molecule has 4 heteroatoms. The lowest BCUT2D eigenvalue weighted by molar-refractivity contribution is -0.110. The molecule has 1 aliphatic carbocycles. The van der Waals surface area contributed by atoms with Crippen molar-refractivity contribution in [2.24, 2.45) is 5.92 Å². The molecule has 0 spiro atoms. The first kappa shape index (κ1) is 13.1. The van der Waals surface area contributed by atoms with Crippen LogP contribution in [0.2, 0.25) is 0 Å². The fourth-order valence-corrected chi connectivity index (χ4v) is 1.98. The number of hydrogen-bond donors (Lipinski definition) is 0. The van der Waals surface area contributed by atoms with E-state index >= 15 is 0 Å². The molecule has 4 nitrogen and oxygen atoms in total. The second-order valence-electron chi connectivity index (χ2n) is 4.63. The van der Waals surface area contributed by atoms with Gasteiger partial charge in [0.05, 0.1) is 6.61 Å². The molecule has 1 aliphatic heterocycles. The van der Waals surface area contributed by atoms with Gasteiger partial charge in [-0.15, -0.1) is 0 Å². The highest BCUT2D eigenvalue weighted by Crippen LogP contribution is 2.28. The summed E-state index contributed by atoms with van der Waals surface area (Å²) in [7, 11) is 0. The van der Waals surface area contributed by atoms with E-state index in [4.69, 9.17) is 14.2 Å². The van der Waals surface area contributed by atoms with Gasteiger partial charge in [-0.1, -0.05) is 19.4 Å². The van der Waals surface area contributed by atoms with Crippen LogP contribution in [0.1, 0.15) is 26.2 Å². The van der Waals surface area contributed by atoms with Crippen LogP contribution in [-0.2, 0) is 19.0 Å². The average molecular weight is 252 g/mol. The molecule has 0 aromatic rings. The lowest BCUT2D eigenvalue weighted by Gasteiger charge is -2.30. The molecule has 0 N–H and O–H groups in total. The number of hydrogen-bond acceptors (Lipinski definition) is 4. The van der Waals surface area contributed by atoms with E-state index in [0.29, 0.717) is 19.6 Å². The van der Waals surface area contributed by atoms with Gasteiger partial charge in [0.2, 0.25) is 0 Å². The molecule has 18 heavy (non-hydrogen) atoms. The third kappa shape index (κ3) is 3.35. The molecule has 0 aromatic heterocycles. The van der Waals surface area contributed by atoms with E-state index in [1.807, 2.05) is 12.2 Å². The minimum absolute atomic E-state index is 0.0561. The minimum Gasteiger partial charge on any atom is -0.486 e. The van der Waals surface area contributed by atoms with Crippen molar-refractivity contribution in [3.8, 4) is 0 Å². The lowest BCUT2D eigenvalue weighted by atomic mass is 9.99. The highest BCUT2D eigenvalue weighted by atomic mass is 16.6. The Kier molecular flexibility index (Phi) is 4.81. The van der Waals surface area contributed by atoms with Crippen LogP contribution >= 0.6 is 0 Å². The van der Waals surface area contributed by atoms with Gasteiger partial charge in [-0.3, -0.25) is 0 Å². The third-order valence-electron chi connectivity index (χ3n) is 3.05. The van der Waals surface area contributed by atoms with Crippen molar-refractivity contribution in [3.63, 3.8) is 0 Å². The van der Waals surface area contributed by atoms with Gasteiger partial charge in [0.25, 0.3) is 0 Å². The molecule has 0 radical (unpaired) electrons. The monoisotopic (exact) mass is 252 g/mol. The predicted octanol–water partition coefficient (Wildman–Crippen LogP) is 2.21. The van der Waals surface area contributed by atoms with E-state index in [1.54, 1.807) is 0 Å². The number of unbranched alkanes of at least 4 members (excludes halogenated alkanes) is 1. The molecule has 0 fully saturated rings. The van der Waals surface area contributed by atoms with Crippen molar-refractivity contribution < 1.29 is 19.0 Å². The maximum absolute atomic E-state index is 10.8. The largest absolute Gasteiger partial charge is 0.486 e. The minimum atomic E-state index is -0.0906. The zero-order chi connectivity index (χ0) is 12.8. The number of ether oxygens (including phenoxy) is 3. The molecule has 0 amide bonds. The van der Waals surface area contributed by atoms with E-state index in [9.17, 15) is 4.79 Å². The molecular weight excluding hydrogens is 232 g/mol. The standard InChI is InChI=1S/C14H20O4/c1-2-3-6-16-9-12-10-17-13-5-4-11(8-15)7-14(13)18-12/h4-5,8,11-12H,2-3,6-7,9-10H2,1H3. The molecule has 0 saturated carbocycles. The highest BCUT2D eigenvalue weighted by molar-refractivity contribution is 5.58. The van der Waals surface area contributed by atoms with Crippen LogP contribution in [0, 0.1) is 5.92 Å². The first-order valence-corrected chi connectivity index (χ1v) is 6.57. The summed E-state index contributed by atoms with van der Waals surface area (Å²) in [6.07, 6.45) is 7.35. The van der Waals surface area contributed by atoms with E-state index in [-0.39, 0.29) is 12.0 Å². The lowest BCUT2D eigenvalue weighted by Crippen LogP contribution is -2.31. The van der Waals surface area contributed by atoms with Crippen molar-refractivity contribution in [2.45, 2.75) is 32.3 Å². The normalized spacial score (nSPS) is 26.3. The highest BCUT2D eigenvalue weighted by Gasteiger charge is 2.26. The molecule has 0 bridgehead atoms. The van der Waals surface area contributed by atoms with Gasteiger partial charge in [0.15, 0.2) is 11.9 Å². The molecule has 1 heterocycles. The Morgan fingerprint density at radius 1 is 1.56 bits per heavy atom. The summed E-state index contributed by atoms with van der Waals surface area (Å²) in [6.45, 7) is 3.96. The fourth-order valence-electron chi connectivity index (χ4n) is 1.98. The molecule has 2 rings (SSSR count). The maximum Gasteiger partial charge on any atom is 0.156 e. The number of carbonyl (C=O) groups is 1. The van der Waals surface area contributed by atoms with Gasteiger partial charge in [-0.25, -0.2) is 0 Å². The van der Waals surface area contributed by atoms with Gasteiger partial charge in [-0.05, 0) is 12.5 Å². The Labute approximate surface area is 108 Å². The molecule has 2 aliphatic rings. The zero-order valence-electron chi connectivity index (χ0n) is 10.8. The molecule has 2 unspecified atom stereocenters. The summed E-state index contributed by atoms with van der Waals surface area (Å²) >= 11 is 0. The maximum atomic E-state index is 10.8. The SMILES string of the molecule is CCCCOCC1COC2=C(CC(C=O)C=C2)O1. The number of carbonyl (C=O) groups excluding carboxylic acids is 1. The zero-order valence-corrected chi connectivity index (χ0v) is 10.8. The van der Waals surface area contributed by atoms with Crippen molar-refractivity contribution in [1.82, 2.24) is 0 Å². The van der Waals surface area contributed by atoms with Crippen LogP contribution in [0.3, 0.4) is 0 Å². The van der Waals surface area contributed by atoms with Crippen molar-refractivity contribution in [3.05, 3.63) is 23.7 Å². The molecule has 0 aromatic carbocycles. The van der Waals surface area contributed by atoms with Gasteiger partial charge in [0, 0.05) is 18.9 Å². The topological polar surface area (TPSA) is 44.8 Å². The number of allylic oxidation sites excluding steroid dienone is 3. The molecule has 100 valence electrons. The summed E-state index contributed by atoms with van der Waals surface area (Å²) < 4.78 is 17.0. The quantitative estimate of drug-likeness (QED) is 0.537. The summed E-state index contributed by atoms with van der Waals surface area (Å²) in [4.78, 5) is 10.8. The van der Waals surface area contributed by atoms with Gasteiger partial charge < -0.3 is 19.0 Å².